The monoisotopic (exact) mass is 274 g/mol. The first-order valence-electron chi connectivity index (χ1n) is 6.63. The molecule has 0 aliphatic carbocycles. The van der Waals surface area contributed by atoms with Crippen LogP contribution in [0.2, 0.25) is 0 Å². The van der Waals surface area contributed by atoms with E-state index in [-0.39, 0.29) is 24.8 Å². The Hall–Kier alpha value is -1.04. The number of hydrogen-bond acceptors (Lipinski definition) is 2. The molecule has 1 aromatic heterocycles. The molecule has 0 aromatic carbocycles. The first kappa shape index (κ1) is 13.0. The predicted molar refractivity (Wildman–Crippen MR) is 62.8 cm³/mol. The zero-order chi connectivity index (χ0) is 13.6. The Labute approximate surface area is 109 Å². The molecule has 1 aromatic rings. The van der Waals surface area contributed by atoms with Crippen molar-refractivity contribution in [2.24, 2.45) is 11.8 Å². The van der Waals surface area contributed by atoms with Crippen LogP contribution in [0.5, 0.6) is 0 Å². The van der Waals surface area contributed by atoms with Gasteiger partial charge in [0.1, 0.15) is 5.82 Å². The number of imidazole rings is 1. The standard InChI is InChI=1S/C13H17F3N2O/c1-8-5-18-6-10(13(14,15)16)4-11(12(18)17-8)9-2-3-19-7-9/h5,9-11H,2-4,6-7H2,1H3. The number of fused-ring (bicyclic) bond motifs is 1. The minimum atomic E-state index is -4.13. The van der Waals surface area contributed by atoms with Crippen molar-refractivity contribution in [3.8, 4) is 0 Å². The summed E-state index contributed by atoms with van der Waals surface area (Å²) in [7, 11) is 0. The van der Waals surface area contributed by atoms with Crippen molar-refractivity contribution in [1.29, 1.82) is 0 Å². The highest BCUT2D eigenvalue weighted by Gasteiger charge is 2.46. The van der Waals surface area contributed by atoms with E-state index in [1.807, 2.05) is 6.92 Å². The number of halogens is 3. The molecule has 19 heavy (non-hydrogen) atoms. The van der Waals surface area contributed by atoms with E-state index in [2.05, 4.69) is 4.98 Å². The van der Waals surface area contributed by atoms with Crippen LogP contribution in [-0.2, 0) is 11.3 Å². The topological polar surface area (TPSA) is 27.1 Å². The van der Waals surface area contributed by atoms with Crippen LogP contribution in [0.4, 0.5) is 13.2 Å². The fourth-order valence-corrected chi connectivity index (χ4v) is 3.24. The SMILES string of the molecule is Cc1cn2c(n1)C(C1CCOC1)CC(C(F)(F)F)C2. The summed E-state index contributed by atoms with van der Waals surface area (Å²) in [5.41, 5.74) is 0.793. The van der Waals surface area contributed by atoms with Crippen molar-refractivity contribution >= 4 is 0 Å². The van der Waals surface area contributed by atoms with Gasteiger partial charge >= 0.3 is 6.18 Å². The van der Waals surface area contributed by atoms with Crippen LogP contribution in [-0.4, -0.2) is 28.9 Å². The van der Waals surface area contributed by atoms with Gasteiger partial charge in [-0.3, -0.25) is 0 Å². The van der Waals surface area contributed by atoms with E-state index in [1.54, 1.807) is 10.8 Å². The molecular weight excluding hydrogens is 257 g/mol. The molecular formula is C13H17F3N2O. The third kappa shape index (κ3) is 2.38. The van der Waals surface area contributed by atoms with E-state index in [0.29, 0.717) is 13.2 Å². The molecule has 106 valence electrons. The summed E-state index contributed by atoms with van der Waals surface area (Å²) in [4.78, 5) is 4.43. The molecule has 1 fully saturated rings. The molecule has 1 saturated heterocycles. The van der Waals surface area contributed by atoms with E-state index < -0.39 is 12.1 Å². The van der Waals surface area contributed by atoms with Crippen molar-refractivity contribution < 1.29 is 17.9 Å². The largest absolute Gasteiger partial charge is 0.393 e. The summed E-state index contributed by atoms with van der Waals surface area (Å²) in [6.45, 7) is 3.04. The second kappa shape index (κ2) is 4.51. The molecule has 3 nitrogen and oxygen atoms in total. The molecule has 0 bridgehead atoms. The third-order valence-electron chi connectivity index (χ3n) is 4.21. The Morgan fingerprint density at radius 2 is 2.21 bits per heavy atom. The van der Waals surface area contributed by atoms with Crippen LogP contribution < -0.4 is 0 Å². The average molecular weight is 274 g/mol. The van der Waals surface area contributed by atoms with Crippen molar-refractivity contribution in [2.45, 2.75) is 38.4 Å². The van der Waals surface area contributed by atoms with Crippen molar-refractivity contribution in [1.82, 2.24) is 9.55 Å². The minimum Gasteiger partial charge on any atom is -0.381 e. The van der Waals surface area contributed by atoms with Gasteiger partial charge in [-0.15, -0.1) is 0 Å². The maximum absolute atomic E-state index is 13.0. The molecule has 3 heterocycles. The second-order valence-corrected chi connectivity index (χ2v) is 5.60. The fraction of sp³-hybridized carbons (Fsp3) is 0.769. The van der Waals surface area contributed by atoms with Gasteiger partial charge in [-0.2, -0.15) is 13.2 Å². The summed E-state index contributed by atoms with van der Waals surface area (Å²) in [6.07, 6.45) is -1.42. The highest BCUT2D eigenvalue weighted by atomic mass is 19.4. The second-order valence-electron chi connectivity index (χ2n) is 5.60. The molecule has 0 spiro atoms. The summed E-state index contributed by atoms with van der Waals surface area (Å²) >= 11 is 0. The maximum Gasteiger partial charge on any atom is 0.393 e. The Morgan fingerprint density at radius 1 is 1.42 bits per heavy atom. The van der Waals surface area contributed by atoms with Crippen LogP contribution in [0.25, 0.3) is 0 Å². The van der Waals surface area contributed by atoms with Gasteiger partial charge in [-0.05, 0) is 25.7 Å². The summed E-state index contributed by atoms with van der Waals surface area (Å²) in [6, 6.07) is 0. The molecule has 2 aliphatic rings. The number of aromatic nitrogens is 2. The van der Waals surface area contributed by atoms with Crippen molar-refractivity contribution in [2.75, 3.05) is 13.2 Å². The summed E-state index contributed by atoms with van der Waals surface area (Å²) in [5.74, 6) is -0.407. The van der Waals surface area contributed by atoms with Gasteiger partial charge < -0.3 is 9.30 Å². The Bertz CT molecular complexity index is 463. The lowest BCUT2D eigenvalue weighted by atomic mass is 9.80. The van der Waals surface area contributed by atoms with E-state index in [9.17, 15) is 13.2 Å². The van der Waals surface area contributed by atoms with Gasteiger partial charge in [0.15, 0.2) is 0 Å². The van der Waals surface area contributed by atoms with Crippen molar-refractivity contribution in [3.05, 3.63) is 17.7 Å². The van der Waals surface area contributed by atoms with Gasteiger partial charge in [0.25, 0.3) is 0 Å². The number of hydrogen-bond donors (Lipinski definition) is 0. The van der Waals surface area contributed by atoms with E-state index in [1.165, 1.54) is 0 Å². The van der Waals surface area contributed by atoms with E-state index >= 15 is 0 Å². The Kier molecular flexibility index (Phi) is 3.08. The van der Waals surface area contributed by atoms with Crippen LogP contribution in [0.15, 0.2) is 6.20 Å². The minimum absolute atomic E-state index is 0.00372. The zero-order valence-electron chi connectivity index (χ0n) is 10.8. The molecule has 2 aliphatic heterocycles. The molecule has 3 rings (SSSR count). The van der Waals surface area contributed by atoms with E-state index in [0.717, 1.165) is 17.9 Å². The molecule has 6 heteroatoms. The third-order valence-corrected chi connectivity index (χ3v) is 4.21. The first-order valence-corrected chi connectivity index (χ1v) is 6.63. The number of rotatable bonds is 1. The van der Waals surface area contributed by atoms with Gasteiger partial charge in [0, 0.05) is 25.3 Å². The fourth-order valence-electron chi connectivity index (χ4n) is 3.24. The number of aryl methyl sites for hydroxylation is 1. The highest BCUT2D eigenvalue weighted by molar-refractivity contribution is 5.12. The molecule has 3 unspecified atom stereocenters. The zero-order valence-corrected chi connectivity index (χ0v) is 10.8. The average Bonchev–Trinajstić information content (AvgIpc) is 2.92. The van der Waals surface area contributed by atoms with Crippen LogP contribution in [0.1, 0.15) is 30.3 Å². The lowest BCUT2D eigenvalue weighted by Crippen LogP contribution is -2.36. The quantitative estimate of drug-likeness (QED) is 0.787. The number of nitrogens with zero attached hydrogens (tertiary/aromatic N) is 2. The van der Waals surface area contributed by atoms with Crippen LogP contribution in [0.3, 0.4) is 0 Å². The molecule has 0 amide bonds. The van der Waals surface area contributed by atoms with Gasteiger partial charge in [-0.25, -0.2) is 4.98 Å². The first-order chi connectivity index (χ1) is 8.95. The predicted octanol–water partition coefficient (Wildman–Crippen LogP) is 2.89. The van der Waals surface area contributed by atoms with Gasteiger partial charge in [0.05, 0.1) is 18.2 Å². The van der Waals surface area contributed by atoms with Gasteiger partial charge in [0.2, 0.25) is 0 Å². The van der Waals surface area contributed by atoms with Crippen LogP contribution >= 0.6 is 0 Å². The van der Waals surface area contributed by atoms with Crippen molar-refractivity contribution in [3.63, 3.8) is 0 Å². The Morgan fingerprint density at radius 3 is 2.84 bits per heavy atom. The summed E-state index contributed by atoms with van der Waals surface area (Å²) in [5, 5.41) is 0. The summed E-state index contributed by atoms with van der Waals surface area (Å²) < 4.78 is 46.1. The maximum atomic E-state index is 13.0. The molecule has 0 saturated carbocycles. The smallest absolute Gasteiger partial charge is 0.381 e. The van der Waals surface area contributed by atoms with Crippen LogP contribution in [0, 0.1) is 18.8 Å². The number of ether oxygens (including phenoxy) is 1. The highest BCUT2D eigenvalue weighted by Crippen LogP contribution is 2.44. The lowest BCUT2D eigenvalue weighted by Gasteiger charge is -2.34. The Balaban J connectivity index is 1.93. The van der Waals surface area contributed by atoms with Gasteiger partial charge in [-0.1, -0.05) is 0 Å². The van der Waals surface area contributed by atoms with E-state index in [4.69, 9.17) is 4.74 Å². The normalized spacial score (nSPS) is 31.5. The molecule has 0 radical (unpaired) electrons. The molecule has 3 atom stereocenters. The lowest BCUT2D eigenvalue weighted by molar-refractivity contribution is -0.185. The number of alkyl halides is 3. The molecule has 0 N–H and O–H groups in total.